The molecule has 28 heavy (non-hydrogen) atoms. The van der Waals surface area contributed by atoms with Crippen molar-refractivity contribution in [3.8, 4) is 22.6 Å². The van der Waals surface area contributed by atoms with Gasteiger partial charge >= 0.3 is 11.3 Å². The number of fused-ring (bicyclic) bond motifs is 1. The fourth-order valence-electron chi connectivity index (χ4n) is 3.11. The van der Waals surface area contributed by atoms with Crippen LogP contribution in [0.1, 0.15) is 11.3 Å². The second-order valence-corrected chi connectivity index (χ2v) is 6.40. The highest BCUT2D eigenvalue weighted by Crippen LogP contribution is 2.32. The molecule has 3 heteroatoms. The molecule has 0 fully saturated rings. The first-order valence-corrected chi connectivity index (χ1v) is 9.09. The fraction of sp³-hybridized carbons (Fsp3) is 0.0800. The lowest BCUT2D eigenvalue weighted by Gasteiger charge is -2.02. The zero-order valence-corrected chi connectivity index (χ0v) is 15.9. The third-order valence-corrected chi connectivity index (χ3v) is 4.63. The van der Waals surface area contributed by atoms with Gasteiger partial charge in [0.1, 0.15) is 11.5 Å². The van der Waals surface area contributed by atoms with Gasteiger partial charge in [-0.05, 0) is 47.5 Å². The molecule has 0 atom stereocenters. The van der Waals surface area contributed by atoms with Crippen molar-refractivity contribution < 1.29 is 13.9 Å². The van der Waals surface area contributed by atoms with Crippen LogP contribution in [0.4, 0.5) is 0 Å². The highest BCUT2D eigenvalue weighted by Gasteiger charge is 2.19. The highest BCUT2D eigenvalue weighted by atomic mass is 16.5. The number of rotatable bonds is 5. The zero-order valence-electron chi connectivity index (χ0n) is 15.9. The van der Waals surface area contributed by atoms with Gasteiger partial charge in [-0.1, -0.05) is 42.5 Å². The Kier molecular flexibility index (Phi) is 5.07. The van der Waals surface area contributed by atoms with E-state index in [-0.39, 0.29) is 0 Å². The molecule has 0 unspecified atom stereocenters. The molecule has 3 aromatic carbocycles. The van der Waals surface area contributed by atoms with Gasteiger partial charge in [0.05, 0.1) is 25.2 Å². The predicted molar refractivity (Wildman–Crippen MR) is 115 cm³/mol. The summed E-state index contributed by atoms with van der Waals surface area (Å²) in [6.07, 6.45) is 4.05. The van der Waals surface area contributed by atoms with E-state index in [9.17, 15) is 0 Å². The van der Waals surface area contributed by atoms with Crippen LogP contribution in [0.15, 0.2) is 83.3 Å². The lowest BCUT2D eigenvalue weighted by Crippen LogP contribution is -1.87. The number of hydrogen-bond acceptors (Lipinski definition) is 2. The van der Waals surface area contributed by atoms with Gasteiger partial charge in [-0.25, -0.2) is 4.42 Å². The molecule has 0 N–H and O–H groups in total. The van der Waals surface area contributed by atoms with Crippen LogP contribution in [-0.2, 0) is 0 Å². The Bertz CT molecular complexity index is 1110. The quantitative estimate of drug-likeness (QED) is 0.373. The number of hydrogen-bond donors (Lipinski definition) is 0. The van der Waals surface area contributed by atoms with Crippen LogP contribution in [-0.4, -0.2) is 14.2 Å². The highest BCUT2D eigenvalue weighted by molar-refractivity contribution is 5.88. The van der Waals surface area contributed by atoms with E-state index in [1.807, 2.05) is 72.8 Å². The van der Waals surface area contributed by atoms with Crippen LogP contribution in [0.5, 0.6) is 11.5 Å². The van der Waals surface area contributed by atoms with Crippen LogP contribution in [0, 0.1) is 0 Å². The maximum Gasteiger partial charge on any atom is 0.361 e. The Balaban J connectivity index is 1.81. The van der Waals surface area contributed by atoms with Crippen LogP contribution in [0.2, 0.25) is 0 Å². The number of methoxy groups -OCH3 is 2. The second kappa shape index (κ2) is 7.97. The summed E-state index contributed by atoms with van der Waals surface area (Å²) in [6, 6.07) is 26.1. The fourth-order valence-corrected chi connectivity index (χ4v) is 3.11. The summed E-state index contributed by atoms with van der Waals surface area (Å²) in [5, 5.41) is 1.000. The second-order valence-electron chi connectivity index (χ2n) is 6.40. The molecular weight excluding hydrogens is 348 g/mol. The van der Waals surface area contributed by atoms with Crippen molar-refractivity contribution in [3.63, 3.8) is 0 Å². The first kappa shape index (κ1) is 17.8. The van der Waals surface area contributed by atoms with Crippen LogP contribution >= 0.6 is 0 Å². The van der Waals surface area contributed by atoms with E-state index in [1.165, 1.54) is 0 Å². The van der Waals surface area contributed by atoms with Crippen molar-refractivity contribution in [2.75, 3.05) is 14.2 Å². The van der Waals surface area contributed by atoms with Crippen molar-refractivity contribution in [1.29, 1.82) is 0 Å². The molecule has 0 aliphatic carbocycles. The Morgan fingerprint density at radius 1 is 0.714 bits per heavy atom. The maximum absolute atomic E-state index is 6.25. The summed E-state index contributed by atoms with van der Waals surface area (Å²) in [5.74, 6) is 2.45. The summed E-state index contributed by atoms with van der Waals surface area (Å²) in [7, 11) is 3.34. The van der Waals surface area contributed by atoms with Crippen molar-refractivity contribution in [3.05, 3.63) is 90.2 Å². The number of ether oxygens (including phenoxy) is 2. The number of benzene rings is 3. The Morgan fingerprint density at radius 2 is 1.43 bits per heavy atom. The minimum absolute atomic E-state index is 0.805. The topological polar surface area (TPSA) is 29.8 Å². The summed E-state index contributed by atoms with van der Waals surface area (Å²) >= 11 is 0. The van der Waals surface area contributed by atoms with E-state index >= 15 is 0 Å². The van der Waals surface area contributed by atoms with Crippen molar-refractivity contribution in [2.45, 2.75) is 0 Å². The lowest BCUT2D eigenvalue weighted by molar-refractivity contribution is 0.414. The van der Waals surface area contributed by atoms with Gasteiger partial charge in [0.25, 0.3) is 0 Å². The standard InChI is InChI=1S/C25H21O3/c1-26-21-11-8-18(9-12-21)10-14-25-23(19-6-4-3-5-7-19)17-20-16-22(27-2)13-15-24(20)28-25/h3-17H,1-2H3/q+1. The maximum atomic E-state index is 6.25. The molecule has 1 heterocycles. The van der Waals surface area contributed by atoms with Gasteiger partial charge in [0.2, 0.25) is 0 Å². The first-order chi connectivity index (χ1) is 13.8. The Labute approximate surface area is 164 Å². The minimum Gasteiger partial charge on any atom is -0.497 e. The average molecular weight is 369 g/mol. The average Bonchev–Trinajstić information content (AvgIpc) is 2.77. The van der Waals surface area contributed by atoms with Crippen LogP contribution in [0.25, 0.3) is 34.2 Å². The Hall–Kier alpha value is -3.59. The molecular formula is C25H21O3+. The van der Waals surface area contributed by atoms with Gasteiger partial charge in [0.15, 0.2) is 0 Å². The van der Waals surface area contributed by atoms with E-state index in [2.05, 4.69) is 18.2 Å². The smallest absolute Gasteiger partial charge is 0.361 e. The van der Waals surface area contributed by atoms with E-state index < -0.39 is 0 Å². The normalized spacial score (nSPS) is 11.1. The molecule has 0 aliphatic rings. The molecule has 3 nitrogen and oxygen atoms in total. The van der Waals surface area contributed by atoms with Crippen LogP contribution < -0.4 is 9.47 Å². The van der Waals surface area contributed by atoms with E-state index in [0.717, 1.165) is 44.9 Å². The third-order valence-electron chi connectivity index (χ3n) is 4.63. The largest absolute Gasteiger partial charge is 0.497 e. The van der Waals surface area contributed by atoms with Gasteiger partial charge in [-0.2, -0.15) is 0 Å². The summed E-state index contributed by atoms with van der Waals surface area (Å²) in [6.45, 7) is 0. The SMILES string of the molecule is COc1ccc(C=Cc2[o+]c3ccc(OC)cc3cc2-c2ccccc2)cc1. The predicted octanol–water partition coefficient (Wildman–Crippen LogP) is 6.57. The van der Waals surface area contributed by atoms with Gasteiger partial charge in [-0.3, -0.25) is 0 Å². The van der Waals surface area contributed by atoms with Gasteiger partial charge in [-0.15, -0.1) is 0 Å². The molecule has 0 radical (unpaired) electrons. The molecule has 1 aromatic heterocycles. The zero-order chi connectivity index (χ0) is 19.3. The van der Waals surface area contributed by atoms with Gasteiger partial charge in [0, 0.05) is 12.1 Å². The molecule has 0 aliphatic heterocycles. The molecule has 0 saturated heterocycles. The molecule has 4 aromatic rings. The van der Waals surface area contributed by atoms with Crippen molar-refractivity contribution in [1.82, 2.24) is 0 Å². The summed E-state index contributed by atoms with van der Waals surface area (Å²) in [4.78, 5) is 0. The van der Waals surface area contributed by atoms with Crippen LogP contribution in [0.3, 0.4) is 0 Å². The summed E-state index contributed by atoms with van der Waals surface area (Å²) in [5.41, 5.74) is 4.02. The van der Waals surface area contributed by atoms with Crippen molar-refractivity contribution in [2.24, 2.45) is 0 Å². The van der Waals surface area contributed by atoms with E-state index in [4.69, 9.17) is 13.9 Å². The monoisotopic (exact) mass is 369 g/mol. The Morgan fingerprint density at radius 3 is 2.14 bits per heavy atom. The summed E-state index contributed by atoms with van der Waals surface area (Å²) < 4.78 is 16.8. The molecule has 0 saturated carbocycles. The van der Waals surface area contributed by atoms with Gasteiger partial charge < -0.3 is 9.47 Å². The minimum atomic E-state index is 0.805. The first-order valence-electron chi connectivity index (χ1n) is 9.09. The lowest BCUT2D eigenvalue weighted by atomic mass is 10.0. The molecule has 4 rings (SSSR count). The third kappa shape index (κ3) is 3.74. The van der Waals surface area contributed by atoms with Crippen molar-refractivity contribution >= 4 is 23.1 Å². The molecule has 138 valence electrons. The molecule has 0 amide bonds. The molecule has 0 bridgehead atoms. The van der Waals surface area contributed by atoms with E-state index in [1.54, 1.807) is 14.2 Å². The van der Waals surface area contributed by atoms with E-state index in [0.29, 0.717) is 0 Å². The molecule has 0 spiro atoms.